The largest absolute Gasteiger partial charge is 0.478 e. The van der Waals surface area contributed by atoms with Gasteiger partial charge in [-0.2, -0.15) is 0 Å². The molecule has 2 aromatic rings. The van der Waals surface area contributed by atoms with E-state index in [1.165, 1.54) is 0 Å². The second kappa shape index (κ2) is 7.85. The zero-order chi connectivity index (χ0) is 14.9. The fourth-order valence-corrected chi connectivity index (χ4v) is 1.61. The second-order valence-electron chi connectivity index (χ2n) is 4.32. The van der Waals surface area contributed by atoms with Crippen LogP contribution in [-0.2, 0) is 0 Å². The summed E-state index contributed by atoms with van der Waals surface area (Å²) in [6.07, 6.45) is 7.70. The number of rotatable bonds is 8. The number of hydrogen-bond acceptors (Lipinski definition) is 4. The van der Waals surface area contributed by atoms with Gasteiger partial charge in [0.15, 0.2) is 0 Å². The van der Waals surface area contributed by atoms with E-state index in [2.05, 4.69) is 23.1 Å². The van der Waals surface area contributed by atoms with Crippen LogP contribution in [0.1, 0.15) is 17.5 Å². The maximum Gasteiger partial charge on any atom is 0.213 e. The summed E-state index contributed by atoms with van der Waals surface area (Å²) < 4.78 is 11.0. The van der Waals surface area contributed by atoms with Gasteiger partial charge in [0.1, 0.15) is 0 Å². The van der Waals surface area contributed by atoms with Crippen LogP contribution in [0.2, 0.25) is 0 Å². The van der Waals surface area contributed by atoms with Gasteiger partial charge in [-0.05, 0) is 23.3 Å². The average Bonchev–Trinajstić information content (AvgIpc) is 2.55. The molecular formula is C17H18N2O2. The van der Waals surface area contributed by atoms with Crippen LogP contribution in [0.15, 0.2) is 49.8 Å². The molecule has 0 saturated carbocycles. The molecule has 0 unspecified atom stereocenters. The lowest BCUT2D eigenvalue weighted by atomic mass is 10.3. The van der Waals surface area contributed by atoms with Gasteiger partial charge in [-0.15, -0.1) is 0 Å². The van der Waals surface area contributed by atoms with E-state index in [1.807, 2.05) is 24.3 Å². The van der Waals surface area contributed by atoms with Crippen LogP contribution in [0, 0.1) is 0 Å². The van der Waals surface area contributed by atoms with Crippen molar-refractivity contribution in [2.45, 2.75) is 6.42 Å². The summed E-state index contributed by atoms with van der Waals surface area (Å²) in [6, 6.07) is 7.48. The molecule has 0 aliphatic heterocycles. The summed E-state index contributed by atoms with van der Waals surface area (Å²) >= 11 is 0. The van der Waals surface area contributed by atoms with E-state index < -0.39 is 0 Å². The van der Waals surface area contributed by atoms with Gasteiger partial charge in [-0.25, -0.2) is 9.97 Å². The Hall–Kier alpha value is -2.62. The fraction of sp³-hybridized carbons (Fsp3) is 0.176. The first-order valence-electron chi connectivity index (χ1n) is 6.74. The molecule has 0 N–H and O–H groups in total. The van der Waals surface area contributed by atoms with Gasteiger partial charge in [0.05, 0.1) is 13.2 Å². The molecule has 0 aliphatic carbocycles. The van der Waals surface area contributed by atoms with Crippen molar-refractivity contribution in [2.75, 3.05) is 13.2 Å². The Bertz CT molecular complexity index is 523. The zero-order valence-electron chi connectivity index (χ0n) is 11.9. The van der Waals surface area contributed by atoms with E-state index >= 15 is 0 Å². The topological polar surface area (TPSA) is 44.2 Å². The summed E-state index contributed by atoms with van der Waals surface area (Å²) in [4.78, 5) is 8.34. The van der Waals surface area contributed by atoms with Crippen molar-refractivity contribution < 1.29 is 9.47 Å². The maximum absolute atomic E-state index is 5.52. The minimum atomic E-state index is 0.547. The highest BCUT2D eigenvalue weighted by molar-refractivity contribution is 5.46. The Labute approximate surface area is 124 Å². The lowest BCUT2D eigenvalue weighted by molar-refractivity contribution is 0.237. The van der Waals surface area contributed by atoms with Gasteiger partial charge in [-0.3, -0.25) is 0 Å². The van der Waals surface area contributed by atoms with Gasteiger partial charge in [0.2, 0.25) is 11.8 Å². The van der Waals surface area contributed by atoms with Crippen LogP contribution < -0.4 is 9.47 Å². The summed E-state index contributed by atoms with van der Waals surface area (Å²) in [7, 11) is 0. The molecule has 108 valence electrons. The zero-order valence-corrected chi connectivity index (χ0v) is 11.9. The third kappa shape index (κ3) is 4.76. The molecule has 0 spiro atoms. The van der Waals surface area contributed by atoms with E-state index in [0.717, 1.165) is 17.5 Å². The van der Waals surface area contributed by atoms with Crippen molar-refractivity contribution in [3.8, 4) is 11.8 Å². The third-order valence-corrected chi connectivity index (χ3v) is 2.78. The second-order valence-corrected chi connectivity index (χ2v) is 4.32. The molecule has 2 aromatic heterocycles. The summed E-state index contributed by atoms with van der Waals surface area (Å²) in [5.41, 5.74) is 1.94. The molecule has 4 heteroatoms. The molecule has 0 saturated heterocycles. The van der Waals surface area contributed by atoms with E-state index in [1.54, 1.807) is 24.5 Å². The monoisotopic (exact) mass is 282 g/mol. The Balaban J connectivity index is 1.66. The minimum absolute atomic E-state index is 0.547. The number of hydrogen-bond donors (Lipinski definition) is 0. The maximum atomic E-state index is 5.52. The SMILES string of the molecule is C=Cc1ccc(OCCCOc2ccc(C=C)cn2)nc1. The Morgan fingerprint density at radius 2 is 1.29 bits per heavy atom. The van der Waals surface area contributed by atoms with Crippen molar-refractivity contribution in [1.29, 1.82) is 0 Å². The first-order chi connectivity index (χ1) is 10.3. The first kappa shape index (κ1) is 14.8. The van der Waals surface area contributed by atoms with E-state index in [4.69, 9.17) is 9.47 Å². The van der Waals surface area contributed by atoms with Crippen molar-refractivity contribution in [2.24, 2.45) is 0 Å². The van der Waals surface area contributed by atoms with Gasteiger partial charge in [0, 0.05) is 30.9 Å². The standard InChI is InChI=1S/C17H18N2O2/c1-3-14-6-8-16(18-12-14)20-10-5-11-21-17-9-7-15(4-2)13-19-17/h3-4,6-9,12-13H,1-2,5,10-11H2. The van der Waals surface area contributed by atoms with Crippen molar-refractivity contribution in [1.82, 2.24) is 9.97 Å². The average molecular weight is 282 g/mol. The predicted octanol–water partition coefficient (Wildman–Crippen LogP) is 3.61. The van der Waals surface area contributed by atoms with Crippen LogP contribution in [0.5, 0.6) is 11.8 Å². The van der Waals surface area contributed by atoms with Gasteiger partial charge < -0.3 is 9.47 Å². The molecule has 4 nitrogen and oxygen atoms in total. The van der Waals surface area contributed by atoms with E-state index in [0.29, 0.717) is 25.0 Å². The van der Waals surface area contributed by atoms with Gasteiger partial charge >= 0.3 is 0 Å². The highest BCUT2D eigenvalue weighted by atomic mass is 16.5. The molecule has 0 radical (unpaired) electrons. The van der Waals surface area contributed by atoms with Crippen LogP contribution in [-0.4, -0.2) is 23.2 Å². The normalized spacial score (nSPS) is 9.90. The smallest absolute Gasteiger partial charge is 0.213 e. The summed E-state index contributed by atoms with van der Waals surface area (Å²) in [5, 5.41) is 0. The van der Waals surface area contributed by atoms with Crippen LogP contribution in [0.25, 0.3) is 12.2 Å². The molecule has 2 heterocycles. The van der Waals surface area contributed by atoms with Crippen molar-refractivity contribution in [3.63, 3.8) is 0 Å². The molecular weight excluding hydrogens is 264 g/mol. The van der Waals surface area contributed by atoms with Crippen molar-refractivity contribution in [3.05, 3.63) is 60.9 Å². The molecule has 21 heavy (non-hydrogen) atoms. The van der Waals surface area contributed by atoms with Gasteiger partial charge in [0.25, 0.3) is 0 Å². The molecule has 0 atom stereocenters. The number of aromatic nitrogens is 2. The molecule has 0 amide bonds. The molecule has 0 aliphatic rings. The van der Waals surface area contributed by atoms with Crippen LogP contribution in [0.4, 0.5) is 0 Å². The lowest BCUT2D eigenvalue weighted by Gasteiger charge is -2.07. The lowest BCUT2D eigenvalue weighted by Crippen LogP contribution is -2.06. The molecule has 0 aromatic carbocycles. The minimum Gasteiger partial charge on any atom is -0.478 e. The quantitative estimate of drug-likeness (QED) is 0.694. The Kier molecular flexibility index (Phi) is 5.52. The summed E-state index contributed by atoms with van der Waals surface area (Å²) in [5.74, 6) is 1.21. The van der Waals surface area contributed by atoms with Crippen LogP contribution >= 0.6 is 0 Å². The number of pyridine rings is 2. The predicted molar refractivity (Wildman–Crippen MR) is 84.3 cm³/mol. The highest BCUT2D eigenvalue weighted by Crippen LogP contribution is 2.10. The molecule has 0 bridgehead atoms. The fourth-order valence-electron chi connectivity index (χ4n) is 1.61. The molecule has 0 fully saturated rings. The van der Waals surface area contributed by atoms with Crippen molar-refractivity contribution >= 4 is 12.2 Å². The Morgan fingerprint density at radius 3 is 1.62 bits per heavy atom. The van der Waals surface area contributed by atoms with Gasteiger partial charge in [-0.1, -0.05) is 25.3 Å². The number of nitrogens with zero attached hydrogens (tertiary/aromatic N) is 2. The van der Waals surface area contributed by atoms with E-state index in [-0.39, 0.29) is 0 Å². The Morgan fingerprint density at radius 1 is 0.810 bits per heavy atom. The molecule has 2 rings (SSSR count). The van der Waals surface area contributed by atoms with Crippen LogP contribution in [0.3, 0.4) is 0 Å². The summed E-state index contributed by atoms with van der Waals surface area (Å²) in [6.45, 7) is 8.45. The third-order valence-electron chi connectivity index (χ3n) is 2.78. The highest BCUT2D eigenvalue weighted by Gasteiger charge is 1.98. The first-order valence-corrected chi connectivity index (χ1v) is 6.74. The number of ether oxygens (including phenoxy) is 2. The van der Waals surface area contributed by atoms with E-state index in [9.17, 15) is 0 Å².